The Morgan fingerprint density at radius 3 is 2.95 bits per heavy atom. The van der Waals surface area contributed by atoms with Gasteiger partial charge in [-0.15, -0.1) is 11.3 Å². The van der Waals surface area contributed by atoms with E-state index in [-0.39, 0.29) is 12.5 Å². The average molecular weight is 324 g/mol. The second-order valence-corrected chi connectivity index (χ2v) is 8.26. The zero-order chi connectivity index (χ0) is 16.1. The Morgan fingerprint density at radius 1 is 1.50 bits per heavy atom. The number of fused-ring (bicyclic) bond motifs is 1. The number of thiophene rings is 1. The highest BCUT2D eigenvalue weighted by atomic mass is 32.1. The van der Waals surface area contributed by atoms with Gasteiger partial charge < -0.3 is 10.4 Å². The van der Waals surface area contributed by atoms with Crippen molar-refractivity contribution in [3.05, 3.63) is 21.4 Å². The van der Waals surface area contributed by atoms with Crippen molar-refractivity contribution in [2.45, 2.75) is 52.9 Å². The van der Waals surface area contributed by atoms with Crippen LogP contribution < -0.4 is 5.32 Å². The molecular formula is C18H29NO2S. The van der Waals surface area contributed by atoms with Crippen LogP contribution in [0.25, 0.3) is 0 Å². The first-order valence-electron chi connectivity index (χ1n) is 8.50. The van der Waals surface area contributed by atoms with E-state index in [0.717, 1.165) is 36.5 Å². The number of aryl methyl sites for hydroxylation is 1. The minimum atomic E-state index is 0.0544. The summed E-state index contributed by atoms with van der Waals surface area (Å²) in [5, 5.41) is 12.2. The summed E-state index contributed by atoms with van der Waals surface area (Å²) in [4.78, 5) is 14.6. The van der Waals surface area contributed by atoms with Crippen molar-refractivity contribution in [3.63, 3.8) is 0 Å². The van der Waals surface area contributed by atoms with Gasteiger partial charge in [0.2, 0.25) is 0 Å². The van der Waals surface area contributed by atoms with E-state index in [1.54, 1.807) is 11.3 Å². The lowest BCUT2D eigenvalue weighted by molar-refractivity contribution is 0.0945. The Balaban J connectivity index is 1.91. The molecule has 1 aliphatic rings. The molecule has 0 aromatic carbocycles. The predicted molar refractivity (Wildman–Crippen MR) is 92.5 cm³/mol. The third kappa shape index (κ3) is 4.82. The molecule has 0 saturated carbocycles. The molecular weight excluding hydrogens is 294 g/mol. The Labute approximate surface area is 138 Å². The highest BCUT2D eigenvalue weighted by Gasteiger charge is 2.21. The molecule has 4 heteroatoms. The fourth-order valence-corrected chi connectivity index (χ4v) is 4.42. The summed E-state index contributed by atoms with van der Waals surface area (Å²) in [6.07, 6.45) is 5.27. The minimum absolute atomic E-state index is 0.0544. The van der Waals surface area contributed by atoms with Gasteiger partial charge in [-0.1, -0.05) is 20.8 Å². The summed E-state index contributed by atoms with van der Waals surface area (Å²) in [5.41, 5.74) is 1.38. The molecule has 22 heavy (non-hydrogen) atoms. The van der Waals surface area contributed by atoms with Gasteiger partial charge in [0.25, 0.3) is 5.91 Å². The second-order valence-electron chi connectivity index (χ2n) is 7.12. The van der Waals surface area contributed by atoms with E-state index in [4.69, 9.17) is 5.11 Å². The lowest BCUT2D eigenvalue weighted by atomic mass is 9.90. The third-order valence-electron chi connectivity index (χ3n) is 4.45. The molecule has 2 N–H and O–H groups in total. The molecule has 1 aromatic rings. The van der Waals surface area contributed by atoms with Crippen LogP contribution in [0.1, 0.15) is 60.1 Å². The van der Waals surface area contributed by atoms with Gasteiger partial charge in [0, 0.05) is 18.0 Å². The topological polar surface area (TPSA) is 49.3 Å². The monoisotopic (exact) mass is 323 g/mol. The van der Waals surface area contributed by atoms with Crippen molar-refractivity contribution in [1.29, 1.82) is 0 Å². The second kappa shape index (κ2) is 8.11. The van der Waals surface area contributed by atoms with E-state index in [1.807, 2.05) is 0 Å². The van der Waals surface area contributed by atoms with Gasteiger partial charge >= 0.3 is 0 Å². The Kier molecular flexibility index (Phi) is 6.45. The van der Waals surface area contributed by atoms with Crippen molar-refractivity contribution in [3.8, 4) is 0 Å². The highest BCUT2D eigenvalue weighted by Crippen LogP contribution is 2.32. The molecule has 0 saturated heterocycles. The van der Waals surface area contributed by atoms with Crippen molar-refractivity contribution in [2.75, 3.05) is 13.2 Å². The van der Waals surface area contributed by atoms with Crippen LogP contribution in [0.4, 0.5) is 0 Å². The van der Waals surface area contributed by atoms with Gasteiger partial charge in [0.1, 0.15) is 0 Å². The standard InChI is InChI=1S/C18H29NO2S/c1-12(2)8-14(6-7-20)11-19-18(21)17-10-15-9-13(3)4-5-16(15)22-17/h10,12-14,20H,4-9,11H2,1-3H3,(H,19,21)/t13-,14-/m0/s1. The number of amides is 1. The first-order chi connectivity index (χ1) is 10.5. The molecule has 1 aliphatic carbocycles. The van der Waals surface area contributed by atoms with Crippen LogP contribution >= 0.6 is 11.3 Å². The normalized spacial score (nSPS) is 19.0. The van der Waals surface area contributed by atoms with E-state index in [1.165, 1.54) is 16.9 Å². The number of hydrogen-bond acceptors (Lipinski definition) is 3. The van der Waals surface area contributed by atoms with Gasteiger partial charge in [0.15, 0.2) is 0 Å². The van der Waals surface area contributed by atoms with Crippen molar-refractivity contribution in [2.24, 2.45) is 17.8 Å². The summed E-state index contributed by atoms with van der Waals surface area (Å²) in [6, 6.07) is 2.09. The van der Waals surface area contributed by atoms with Crippen LogP contribution in [-0.2, 0) is 12.8 Å². The fraction of sp³-hybridized carbons (Fsp3) is 0.722. The average Bonchev–Trinajstić information content (AvgIpc) is 2.87. The molecule has 3 nitrogen and oxygen atoms in total. The zero-order valence-corrected chi connectivity index (χ0v) is 14.8. The summed E-state index contributed by atoms with van der Waals surface area (Å²) in [6.45, 7) is 7.50. The SMILES string of the molecule is CC(C)C[C@H](CCO)CNC(=O)c1cc2c(s1)CC[C@H](C)C2. The first-order valence-corrected chi connectivity index (χ1v) is 9.31. The van der Waals surface area contributed by atoms with Gasteiger partial charge in [-0.25, -0.2) is 0 Å². The lowest BCUT2D eigenvalue weighted by Gasteiger charge is -2.18. The molecule has 0 bridgehead atoms. The van der Waals surface area contributed by atoms with Crippen molar-refractivity contribution < 1.29 is 9.90 Å². The first kappa shape index (κ1) is 17.5. The van der Waals surface area contributed by atoms with E-state index in [9.17, 15) is 4.79 Å². The molecule has 1 heterocycles. The molecule has 2 rings (SSSR count). The zero-order valence-electron chi connectivity index (χ0n) is 14.0. The number of nitrogens with one attached hydrogen (secondary N) is 1. The molecule has 2 atom stereocenters. The van der Waals surface area contributed by atoms with Gasteiger partial charge in [-0.3, -0.25) is 4.79 Å². The van der Waals surface area contributed by atoms with Crippen LogP contribution in [0.2, 0.25) is 0 Å². The maximum absolute atomic E-state index is 12.4. The third-order valence-corrected chi connectivity index (χ3v) is 5.68. The van der Waals surface area contributed by atoms with Gasteiger partial charge in [0.05, 0.1) is 4.88 Å². The van der Waals surface area contributed by atoms with E-state index < -0.39 is 0 Å². The molecule has 124 valence electrons. The lowest BCUT2D eigenvalue weighted by Crippen LogP contribution is -2.30. The maximum Gasteiger partial charge on any atom is 0.261 e. The molecule has 0 radical (unpaired) electrons. The fourth-order valence-electron chi connectivity index (χ4n) is 3.29. The van der Waals surface area contributed by atoms with Crippen LogP contribution in [0.3, 0.4) is 0 Å². The molecule has 1 amide bonds. The van der Waals surface area contributed by atoms with E-state index >= 15 is 0 Å². The Morgan fingerprint density at radius 2 is 2.27 bits per heavy atom. The summed E-state index contributed by atoms with van der Waals surface area (Å²) in [7, 11) is 0. The minimum Gasteiger partial charge on any atom is -0.396 e. The number of carbonyl (C=O) groups is 1. The van der Waals surface area contributed by atoms with Crippen LogP contribution in [0.15, 0.2) is 6.07 Å². The summed E-state index contributed by atoms with van der Waals surface area (Å²) in [5.74, 6) is 1.74. The number of aliphatic hydroxyl groups is 1. The molecule has 0 unspecified atom stereocenters. The molecule has 0 aliphatic heterocycles. The van der Waals surface area contributed by atoms with E-state index in [0.29, 0.717) is 18.4 Å². The number of carbonyl (C=O) groups excluding carboxylic acids is 1. The largest absolute Gasteiger partial charge is 0.396 e. The summed E-state index contributed by atoms with van der Waals surface area (Å²) < 4.78 is 0. The van der Waals surface area contributed by atoms with Crippen LogP contribution in [0.5, 0.6) is 0 Å². The quantitative estimate of drug-likeness (QED) is 0.805. The number of rotatable bonds is 7. The van der Waals surface area contributed by atoms with Crippen LogP contribution in [0, 0.1) is 17.8 Å². The number of hydrogen-bond donors (Lipinski definition) is 2. The van der Waals surface area contributed by atoms with Crippen LogP contribution in [-0.4, -0.2) is 24.2 Å². The Hall–Kier alpha value is -0.870. The predicted octanol–water partition coefficient (Wildman–Crippen LogP) is 3.65. The molecule has 0 spiro atoms. The summed E-state index contributed by atoms with van der Waals surface area (Å²) >= 11 is 1.66. The maximum atomic E-state index is 12.4. The number of aliphatic hydroxyl groups excluding tert-OH is 1. The van der Waals surface area contributed by atoms with Crippen molar-refractivity contribution in [1.82, 2.24) is 5.32 Å². The smallest absolute Gasteiger partial charge is 0.261 e. The molecule has 0 fully saturated rings. The molecule has 1 aromatic heterocycles. The van der Waals surface area contributed by atoms with Gasteiger partial charge in [-0.05, 0) is 61.5 Å². The van der Waals surface area contributed by atoms with E-state index in [2.05, 4.69) is 32.2 Å². The highest BCUT2D eigenvalue weighted by molar-refractivity contribution is 7.14. The Bertz CT molecular complexity index is 495. The van der Waals surface area contributed by atoms with Gasteiger partial charge in [-0.2, -0.15) is 0 Å². The van der Waals surface area contributed by atoms with Crippen molar-refractivity contribution >= 4 is 17.2 Å².